The Morgan fingerprint density at radius 3 is 2.17 bits per heavy atom. The highest BCUT2D eigenvalue weighted by molar-refractivity contribution is 5.81. The molecule has 3 aromatic carbocycles. The molecule has 0 saturated heterocycles. The first-order valence-electron chi connectivity index (χ1n) is 17.0. The normalized spacial score (nSPS) is 14.5. The highest BCUT2D eigenvalue weighted by Crippen LogP contribution is 2.46. The summed E-state index contributed by atoms with van der Waals surface area (Å²) < 4.78 is 45.0. The van der Waals surface area contributed by atoms with Crippen LogP contribution in [-0.4, -0.2) is 77.3 Å². The van der Waals surface area contributed by atoms with Crippen LogP contribution < -0.4 is 39.4 Å². The lowest BCUT2D eigenvalue weighted by atomic mass is 9.87. The van der Waals surface area contributed by atoms with Crippen LogP contribution in [0.1, 0.15) is 52.2 Å². The number of nitrogens with one attached hydrogen (secondary N) is 1. The molecular formula is C40H42N2O12. The van der Waals surface area contributed by atoms with E-state index in [1.165, 1.54) is 41.6 Å². The molecule has 0 unspecified atom stereocenters. The number of methoxy groups -OCH3 is 7. The summed E-state index contributed by atoms with van der Waals surface area (Å²) in [5.41, 5.74) is 2.03. The van der Waals surface area contributed by atoms with Gasteiger partial charge in [-0.3, -0.25) is 19.3 Å². The van der Waals surface area contributed by atoms with E-state index in [0.29, 0.717) is 58.4 Å². The van der Waals surface area contributed by atoms with Gasteiger partial charge in [0.25, 0.3) is 5.56 Å². The molecule has 5 aromatic rings. The van der Waals surface area contributed by atoms with Gasteiger partial charge in [-0.1, -0.05) is 0 Å². The van der Waals surface area contributed by atoms with Crippen molar-refractivity contribution < 1.29 is 47.5 Å². The van der Waals surface area contributed by atoms with E-state index in [2.05, 4.69) is 9.88 Å². The molecule has 0 amide bonds. The van der Waals surface area contributed by atoms with Crippen molar-refractivity contribution in [3.8, 4) is 40.2 Å². The molecule has 0 fully saturated rings. The monoisotopic (exact) mass is 742 g/mol. The summed E-state index contributed by atoms with van der Waals surface area (Å²) in [6.45, 7) is 0.579. The van der Waals surface area contributed by atoms with Crippen molar-refractivity contribution in [1.82, 2.24) is 9.88 Å². The van der Waals surface area contributed by atoms with Crippen LogP contribution in [0.2, 0.25) is 0 Å². The van der Waals surface area contributed by atoms with Crippen LogP contribution >= 0.6 is 0 Å². The van der Waals surface area contributed by atoms with Crippen molar-refractivity contribution in [3.05, 3.63) is 109 Å². The summed E-state index contributed by atoms with van der Waals surface area (Å²) in [5, 5.41) is 11.8. The second kappa shape index (κ2) is 15.8. The van der Waals surface area contributed by atoms with Crippen molar-refractivity contribution in [2.45, 2.75) is 31.3 Å². The van der Waals surface area contributed by atoms with E-state index < -0.39 is 41.1 Å². The summed E-state index contributed by atoms with van der Waals surface area (Å²) in [5.74, 6) is 0.314. The fourth-order valence-electron chi connectivity index (χ4n) is 7.07. The summed E-state index contributed by atoms with van der Waals surface area (Å²) in [6.07, 6.45) is 0.203. The van der Waals surface area contributed by atoms with Crippen LogP contribution in [-0.2, 0) is 22.5 Å². The van der Waals surface area contributed by atoms with E-state index in [1.807, 2.05) is 24.3 Å². The topological polar surface area (TPSA) is 168 Å². The number of nitrogens with zero attached hydrogens (tertiary/aromatic N) is 1. The van der Waals surface area contributed by atoms with Gasteiger partial charge in [-0.2, -0.15) is 0 Å². The number of aromatic amines is 1. The summed E-state index contributed by atoms with van der Waals surface area (Å²) in [7, 11) is 10.5. The van der Waals surface area contributed by atoms with Gasteiger partial charge in [0.05, 0.1) is 74.7 Å². The van der Waals surface area contributed by atoms with Gasteiger partial charge in [0.2, 0.25) is 16.9 Å². The van der Waals surface area contributed by atoms with Gasteiger partial charge in [0.1, 0.15) is 11.5 Å². The number of rotatable bonds is 13. The molecule has 14 heteroatoms. The van der Waals surface area contributed by atoms with E-state index >= 15 is 0 Å². The number of aromatic nitrogens is 1. The Kier molecular flexibility index (Phi) is 11.0. The average Bonchev–Trinajstić information content (AvgIpc) is 3.19. The van der Waals surface area contributed by atoms with Crippen LogP contribution in [0.5, 0.6) is 40.2 Å². The van der Waals surface area contributed by atoms with Gasteiger partial charge in [0, 0.05) is 29.1 Å². The first-order valence-corrected chi connectivity index (χ1v) is 17.0. The highest BCUT2D eigenvalue weighted by Gasteiger charge is 2.34. The number of aromatic hydroxyl groups is 1. The van der Waals surface area contributed by atoms with Gasteiger partial charge < -0.3 is 47.7 Å². The molecule has 2 aromatic heterocycles. The van der Waals surface area contributed by atoms with Gasteiger partial charge in [-0.05, 0) is 71.6 Å². The summed E-state index contributed by atoms with van der Waals surface area (Å²) >= 11 is 0. The number of esters is 1. The molecule has 0 radical (unpaired) electrons. The lowest BCUT2D eigenvalue weighted by Gasteiger charge is -2.38. The fourth-order valence-corrected chi connectivity index (χ4v) is 7.07. The van der Waals surface area contributed by atoms with Gasteiger partial charge in [-0.15, -0.1) is 0 Å². The maximum atomic E-state index is 13.5. The number of carbonyl (C=O) groups is 1. The number of benzene rings is 3. The zero-order valence-corrected chi connectivity index (χ0v) is 31.1. The van der Waals surface area contributed by atoms with Crippen molar-refractivity contribution in [3.63, 3.8) is 0 Å². The first kappa shape index (κ1) is 37.6. The number of ether oxygens (including phenoxy) is 7. The predicted octanol–water partition coefficient (Wildman–Crippen LogP) is 5.08. The predicted molar refractivity (Wildman–Crippen MR) is 198 cm³/mol. The molecule has 54 heavy (non-hydrogen) atoms. The molecular weight excluding hydrogens is 700 g/mol. The molecule has 2 atom stereocenters. The van der Waals surface area contributed by atoms with E-state index in [4.69, 9.17) is 37.6 Å². The second-order valence-electron chi connectivity index (χ2n) is 12.6. The average molecular weight is 743 g/mol. The maximum absolute atomic E-state index is 13.5. The fraction of sp³-hybridized carbons (Fsp3) is 0.325. The Hall–Kier alpha value is -6.15. The lowest BCUT2D eigenvalue weighted by Crippen LogP contribution is -2.36. The Bertz CT molecular complexity index is 2290. The zero-order valence-electron chi connectivity index (χ0n) is 31.1. The smallest absolute Gasteiger partial charge is 0.306 e. The SMILES string of the molecule is COC(=O)C[C@H](c1oc(CN2CCc3cc(OC)c(OC)cc3[C@H]2c2cc(OC)c(OC)c(OC)c2)cc(=O)c1O)c1cc2cc(OC)ccc2[nH]c1=O. The third kappa shape index (κ3) is 7.12. The maximum Gasteiger partial charge on any atom is 0.306 e. The zero-order chi connectivity index (χ0) is 38.7. The van der Waals surface area contributed by atoms with Gasteiger partial charge >= 0.3 is 5.97 Å². The minimum Gasteiger partial charge on any atom is -0.502 e. The molecule has 0 saturated carbocycles. The Morgan fingerprint density at radius 2 is 1.54 bits per heavy atom. The number of carbonyl (C=O) groups excluding carboxylic acids is 1. The van der Waals surface area contributed by atoms with Crippen LogP contribution in [0.15, 0.2) is 68.6 Å². The largest absolute Gasteiger partial charge is 0.502 e. The summed E-state index contributed by atoms with van der Waals surface area (Å²) in [4.78, 5) is 44.7. The molecule has 0 spiro atoms. The van der Waals surface area contributed by atoms with E-state index in [1.54, 1.807) is 38.5 Å². The molecule has 2 N–H and O–H groups in total. The molecule has 6 rings (SSSR count). The van der Waals surface area contributed by atoms with Crippen LogP contribution in [0.3, 0.4) is 0 Å². The molecule has 3 heterocycles. The molecule has 1 aliphatic heterocycles. The number of pyridine rings is 1. The Morgan fingerprint density at radius 1 is 0.852 bits per heavy atom. The highest BCUT2D eigenvalue weighted by atomic mass is 16.5. The number of fused-ring (bicyclic) bond motifs is 2. The van der Waals surface area contributed by atoms with Gasteiger partial charge in [0.15, 0.2) is 28.8 Å². The lowest BCUT2D eigenvalue weighted by molar-refractivity contribution is -0.140. The molecule has 14 nitrogen and oxygen atoms in total. The minimum absolute atomic E-state index is 0.0772. The number of hydrogen-bond acceptors (Lipinski definition) is 13. The minimum atomic E-state index is -1.19. The quantitative estimate of drug-likeness (QED) is 0.153. The van der Waals surface area contributed by atoms with Crippen LogP contribution in [0.4, 0.5) is 0 Å². The summed E-state index contributed by atoms with van der Waals surface area (Å²) in [6, 6.07) is 15.0. The third-order valence-corrected chi connectivity index (χ3v) is 9.71. The molecule has 0 bridgehead atoms. The van der Waals surface area contributed by atoms with Gasteiger partial charge in [-0.25, -0.2) is 0 Å². The molecule has 0 aliphatic carbocycles. The van der Waals surface area contributed by atoms with E-state index in [9.17, 15) is 19.5 Å². The van der Waals surface area contributed by atoms with E-state index in [0.717, 1.165) is 16.7 Å². The number of H-pyrrole nitrogens is 1. The molecule has 284 valence electrons. The van der Waals surface area contributed by atoms with Crippen molar-refractivity contribution >= 4 is 16.9 Å². The van der Waals surface area contributed by atoms with Crippen LogP contribution in [0, 0.1) is 0 Å². The van der Waals surface area contributed by atoms with E-state index in [-0.39, 0.29) is 23.6 Å². The Balaban J connectivity index is 1.50. The van der Waals surface area contributed by atoms with Crippen molar-refractivity contribution in [1.29, 1.82) is 0 Å². The first-order chi connectivity index (χ1) is 26.1. The van der Waals surface area contributed by atoms with Crippen molar-refractivity contribution in [2.75, 3.05) is 56.3 Å². The number of hydrogen-bond donors (Lipinski definition) is 2. The molecule has 1 aliphatic rings. The van der Waals surface area contributed by atoms with Crippen molar-refractivity contribution in [2.24, 2.45) is 0 Å². The standard InChI is InChI=1S/C40H42N2O12/c1-47-24-8-9-29-22(12-24)13-28(40(46)41-29)27(19-35(44)52-6)38-37(45)30(43)17-25(54-38)20-42-11-10-21-14-31(48-2)32(49-3)18-26(21)36(42)23-15-33(50-4)39(53-7)34(16-23)51-5/h8-9,12-18,27,36,45H,10-11,19-20H2,1-7H3,(H,41,46)/t27-,36+/m0/s1. The second-order valence-corrected chi connectivity index (χ2v) is 12.6. The third-order valence-electron chi connectivity index (χ3n) is 9.71. The van der Waals surface area contributed by atoms with Crippen LogP contribution in [0.25, 0.3) is 10.9 Å². The Labute approximate surface area is 310 Å².